The van der Waals surface area contributed by atoms with Gasteiger partial charge in [-0.1, -0.05) is 6.07 Å². The molecule has 1 unspecified atom stereocenters. The van der Waals surface area contributed by atoms with E-state index < -0.39 is 17.7 Å². The first kappa shape index (κ1) is 12.7. The van der Waals surface area contributed by atoms with E-state index in [0.717, 1.165) is 11.4 Å². The molecule has 1 aromatic carbocycles. The lowest BCUT2D eigenvalue weighted by atomic mass is 10.0. The number of nitrogens with zero attached hydrogens (tertiary/aromatic N) is 2. The van der Waals surface area contributed by atoms with Crippen molar-refractivity contribution in [3.05, 3.63) is 52.9 Å². The first-order valence-electron chi connectivity index (χ1n) is 5.68. The molecular weight excluding hydrogens is 236 g/mol. The number of aromatic nitrogens is 2. The van der Waals surface area contributed by atoms with E-state index in [1.165, 1.54) is 18.2 Å². The Kier molecular flexibility index (Phi) is 3.43. The molecule has 96 valence electrons. The maximum atomic E-state index is 13.5. The van der Waals surface area contributed by atoms with Gasteiger partial charge in [0, 0.05) is 12.6 Å². The normalized spacial score (nSPS) is 12.7. The SMILES string of the molecule is Cc1cc(C(N)Cc2c(F)cccc2F)n(C)n1. The molecule has 5 heteroatoms. The fourth-order valence-corrected chi connectivity index (χ4v) is 2.03. The maximum absolute atomic E-state index is 13.5. The average molecular weight is 251 g/mol. The van der Waals surface area contributed by atoms with Crippen molar-refractivity contribution >= 4 is 0 Å². The highest BCUT2D eigenvalue weighted by molar-refractivity contribution is 5.23. The molecule has 2 aromatic rings. The fourth-order valence-electron chi connectivity index (χ4n) is 2.03. The third-order valence-electron chi connectivity index (χ3n) is 2.90. The van der Waals surface area contributed by atoms with Gasteiger partial charge in [0.05, 0.1) is 17.4 Å². The molecule has 0 bridgehead atoms. The molecule has 1 atom stereocenters. The zero-order valence-corrected chi connectivity index (χ0v) is 10.3. The number of halogens is 2. The Hall–Kier alpha value is -1.75. The number of aryl methyl sites for hydroxylation is 2. The van der Waals surface area contributed by atoms with Crippen molar-refractivity contribution in [2.24, 2.45) is 12.8 Å². The minimum absolute atomic E-state index is 0.0175. The molecule has 0 saturated carbocycles. The van der Waals surface area contributed by atoms with Crippen molar-refractivity contribution in [3.8, 4) is 0 Å². The highest BCUT2D eigenvalue weighted by Gasteiger charge is 2.17. The number of hydrogen-bond acceptors (Lipinski definition) is 2. The lowest BCUT2D eigenvalue weighted by Gasteiger charge is -2.13. The summed E-state index contributed by atoms with van der Waals surface area (Å²) in [5, 5.41) is 4.17. The van der Waals surface area contributed by atoms with E-state index in [-0.39, 0.29) is 12.0 Å². The van der Waals surface area contributed by atoms with Crippen molar-refractivity contribution in [2.75, 3.05) is 0 Å². The van der Waals surface area contributed by atoms with E-state index in [2.05, 4.69) is 5.10 Å². The van der Waals surface area contributed by atoms with Gasteiger partial charge in [-0.2, -0.15) is 5.10 Å². The Morgan fingerprint density at radius 1 is 1.33 bits per heavy atom. The quantitative estimate of drug-likeness (QED) is 0.909. The molecule has 0 saturated heterocycles. The van der Waals surface area contributed by atoms with Gasteiger partial charge in [0.15, 0.2) is 0 Å². The molecule has 0 aliphatic rings. The highest BCUT2D eigenvalue weighted by atomic mass is 19.1. The van der Waals surface area contributed by atoms with E-state index in [9.17, 15) is 8.78 Å². The fraction of sp³-hybridized carbons (Fsp3) is 0.308. The minimum atomic E-state index is -0.565. The second-order valence-corrected chi connectivity index (χ2v) is 4.35. The molecule has 18 heavy (non-hydrogen) atoms. The molecule has 0 amide bonds. The third kappa shape index (κ3) is 2.41. The van der Waals surface area contributed by atoms with Gasteiger partial charge in [-0.05, 0) is 31.5 Å². The highest BCUT2D eigenvalue weighted by Crippen LogP contribution is 2.20. The zero-order valence-electron chi connectivity index (χ0n) is 10.3. The van der Waals surface area contributed by atoms with E-state index in [4.69, 9.17) is 5.73 Å². The van der Waals surface area contributed by atoms with E-state index in [0.29, 0.717) is 0 Å². The van der Waals surface area contributed by atoms with Crippen LogP contribution < -0.4 is 5.73 Å². The van der Waals surface area contributed by atoms with Gasteiger partial charge in [-0.25, -0.2) is 8.78 Å². The van der Waals surface area contributed by atoms with Crippen LogP contribution in [0.4, 0.5) is 8.78 Å². The molecule has 3 nitrogen and oxygen atoms in total. The van der Waals surface area contributed by atoms with Gasteiger partial charge < -0.3 is 5.73 Å². The summed E-state index contributed by atoms with van der Waals surface area (Å²) in [6, 6.07) is 5.15. The van der Waals surface area contributed by atoms with Gasteiger partial charge in [0.25, 0.3) is 0 Å². The van der Waals surface area contributed by atoms with Crippen LogP contribution in [0.25, 0.3) is 0 Å². The topological polar surface area (TPSA) is 43.8 Å². The maximum Gasteiger partial charge on any atom is 0.129 e. The third-order valence-corrected chi connectivity index (χ3v) is 2.90. The van der Waals surface area contributed by atoms with Crippen molar-refractivity contribution in [1.82, 2.24) is 9.78 Å². The molecule has 2 N–H and O–H groups in total. The summed E-state index contributed by atoms with van der Waals surface area (Å²) < 4.78 is 28.7. The smallest absolute Gasteiger partial charge is 0.129 e. The number of hydrogen-bond donors (Lipinski definition) is 1. The molecule has 0 aliphatic carbocycles. The first-order valence-corrected chi connectivity index (χ1v) is 5.68. The monoisotopic (exact) mass is 251 g/mol. The molecule has 0 radical (unpaired) electrons. The predicted molar refractivity (Wildman–Crippen MR) is 64.9 cm³/mol. The molecule has 0 aliphatic heterocycles. The summed E-state index contributed by atoms with van der Waals surface area (Å²) in [7, 11) is 1.76. The van der Waals surface area contributed by atoms with Gasteiger partial charge in [0.2, 0.25) is 0 Å². The molecule has 1 heterocycles. The van der Waals surface area contributed by atoms with Crippen LogP contribution in [-0.2, 0) is 13.5 Å². The predicted octanol–water partition coefficient (Wildman–Crippen LogP) is 2.25. The van der Waals surface area contributed by atoms with Gasteiger partial charge in [0.1, 0.15) is 11.6 Å². The van der Waals surface area contributed by atoms with Crippen molar-refractivity contribution in [3.63, 3.8) is 0 Å². The Morgan fingerprint density at radius 2 is 1.94 bits per heavy atom. The minimum Gasteiger partial charge on any atom is -0.322 e. The van der Waals surface area contributed by atoms with Crippen molar-refractivity contribution < 1.29 is 8.78 Å². The molecule has 0 spiro atoms. The Morgan fingerprint density at radius 3 is 2.44 bits per heavy atom. The van der Waals surface area contributed by atoms with Crippen LogP contribution >= 0.6 is 0 Å². The van der Waals surface area contributed by atoms with E-state index >= 15 is 0 Å². The number of nitrogens with two attached hydrogens (primary N) is 1. The van der Waals surface area contributed by atoms with Crippen LogP contribution in [0, 0.1) is 18.6 Å². The van der Waals surface area contributed by atoms with Crippen molar-refractivity contribution in [2.45, 2.75) is 19.4 Å². The Bertz CT molecular complexity index is 543. The van der Waals surface area contributed by atoms with Crippen molar-refractivity contribution in [1.29, 1.82) is 0 Å². The van der Waals surface area contributed by atoms with Gasteiger partial charge in [-0.15, -0.1) is 0 Å². The van der Waals surface area contributed by atoms with E-state index in [1.807, 2.05) is 13.0 Å². The second-order valence-electron chi connectivity index (χ2n) is 4.35. The molecule has 2 rings (SSSR count). The van der Waals surface area contributed by atoms with Crippen LogP contribution in [0.1, 0.15) is 23.0 Å². The van der Waals surface area contributed by atoms with E-state index in [1.54, 1.807) is 11.7 Å². The number of rotatable bonds is 3. The van der Waals surface area contributed by atoms with Gasteiger partial charge >= 0.3 is 0 Å². The Balaban J connectivity index is 2.26. The first-order chi connectivity index (χ1) is 8.49. The average Bonchev–Trinajstić information content (AvgIpc) is 2.63. The standard InChI is InChI=1S/C13H15F2N3/c1-8-6-13(18(2)17-8)12(16)7-9-10(14)4-3-5-11(9)15/h3-6,12H,7,16H2,1-2H3. The van der Waals surface area contributed by atoms with Gasteiger partial charge in [-0.3, -0.25) is 4.68 Å². The summed E-state index contributed by atoms with van der Waals surface area (Å²) in [6.45, 7) is 1.85. The van der Waals surface area contributed by atoms with Crippen LogP contribution in [-0.4, -0.2) is 9.78 Å². The van der Waals surface area contributed by atoms with Crippen LogP contribution in [0.2, 0.25) is 0 Å². The summed E-state index contributed by atoms with van der Waals surface area (Å²) in [4.78, 5) is 0. The molecular formula is C13H15F2N3. The van der Waals surface area contributed by atoms with Crippen LogP contribution in [0.3, 0.4) is 0 Å². The zero-order chi connectivity index (χ0) is 13.3. The molecule has 0 fully saturated rings. The van der Waals surface area contributed by atoms with Crippen LogP contribution in [0.15, 0.2) is 24.3 Å². The lowest BCUT2D eigenvalue weighted by Crippen LogP contribution is -2.18. The number of benzene rings is 1. The second kappa shape index (κ2) is 4.86. The Labute approximate surface area is 104 Å². The molecule has 1 aromatic heterocycles. The summed E-state index contributed by atoms with van der Waals surface area (Å²) in [5.41, 5.74) is 7.59. The summed E-state index contributed by atoms with van der Waals surface area (Å²) in [6.07, 6.45) is 0.109. The van der Waals surface area contributed by atoms with Crippen LogP contribution in [0.5, 0.6) is 0 Å². The largest absolute Gasteiger partial charge is 0.322 e. The lowest BCUT2D eigenvalue weighted by molar-refractivity contribution is 0.529. The summed E-state index contributed by atoms with van der Waals surface area (Å²) >= 11 is 0. The summed E-state index contributed by atoms with van der Waals surface area (Å²) in [5.74, 6) is -1.13.